The Bertz CT molecular complexity index is 657. The third kappa shape index (κ3) is 3.66. The predicted octanol–water partition coefficient (Wildman–Crippen LogP) is 1.77. The molecular formula is C12H12N4O4S. The molecule has 2 rings (SSSR count). The molecule has 0 atom stereocenters. The number of pyridine rings is 1. The van der Waals surface area contributed by atoms with E-state index in [1.54, 1.807) is 11.3 Å². The molecule has 0 amide bonds. The van der Waals surface area contributed by atoms with E-state index in [9.17, 15) is 10.1 Å². The molecule has 0 saturated heterocycles. The minimum atomic E-state index is -0.623. The van der Waals surface area contributed by atoms with E-state index in [-0.39, 0.29) is 29.6 Å². The molecule has 21 heavy (non-hydrogen) atoms. The lowest BCUT2D eigenvalue weighted by Crippen LogP contribution is -2.14. The number of nitro groups is 1. The molecule has 2 aromatic heterocycles. The Morgan fingerprint density at radius 1 is 1.62 bits per heavy atom. The van der Waals surface area contributed by atoms with E-state index >= 15 is 0 Å². The van der Waals surface area contributed by atoms with Crippen LogP contribution < -0.4 is 10.5 Å². The van der Waals surface area contributed by atoms with Crippen LogP contribution in [0.3, 0.4) is 0 Å². The molecule has 0 spiro atoms. The largest absolute Gasteiger partial charge is 0.472 e. The fourth-order valence-electron chi connectivity index (χ4n) is 1.58. The molecule has 0 unspecified atom stereocenters. The van der Waals surface area contributed by atoms with Gasteiger partial charge in [0.2, 0.25) is 0 Å². The van der Waals surface area contributed by atoms with Gasteiger partial charge < -0.3 is 15.7 Å². The topological polar surface area (TPSA) is 124 Å². The third-order valence-corrected chi connectivity index (χ3v) is 3.54. The molecule has 0 aromatic carbocycles. The van der Waals surface area contributed by atoms with Gasteiger partial charge in [0.15, 0.2) is 5.84 Å². The summed E-state index contributed by atoms with van der Waals surface area (Å²) in [6, 6.07) is 5.03. The first-order valence-electron chi connectivity index (χ1n) is 5.89. The number of ether oxygens (including phenoxy) is 1. The zero-order valence-corrected chi connectivity index (χ0v) is 11.6. The summed E-state index contributed by atoms with van der Waals surface area (Å²) in [5.74, 6) is -0.346. The fourth-order valence-corrected chi connectivity index (χ4v) is 2.27. The van der Waals surface area contributed by atoms with Gasteiger partial charge in [-0.2, -0.15) is 0 Å². The summed E-state index contributed by atoms with van der Waals surface area (Å²) in [7, 11) is 0. The molecule has 0 radical (unpaired) electrons. The maximum absolute atomic E-state index is 11.0. The van der Waals surface area contributed by atoms with Crippen LogP contribution in [0.25, 0.3) is 0 Å². The summed E-state index contributed by atoms with van der Waals surface area (Å²) >= 11 is 1.58. The Morgan fingerprint density at radius 3 is 3.05 bits per heavy atom. The second kappa shape index (κ2) is 6.66. The quantitative estimate of drug-likeness (QED) is 0.275. The monoisotopic (exact) mass is 308 g/mol. The molecule has 8 nitrogen and oxygen atoms in total. The number of thiophene rings is 1. The zero-order chi connectivity index (χ0) is 15.2. The molecule has 3 N–H and O–H groups in total. The van der Waals surface area contributed by atoms with Crippen LogP contribution in [0.4, 0.5) is 5.69 Å². The van der Waals surface area contributed by atoms with E-state index in [0.29, 0.717) is 6.42 Å². The second-order valence-electron chi connectivity index (χ2n) is 3.97. The van der Waals surface area contributed by atoms with Crippen LogP contribution in [0.2, 0.25) is 0 Å². The van der Waals surface area contributed by atoms with Crippen LogP contribution in [0.5, 0.6) is 5.88 Å². The minimum absolute atomic E-state index is 0.0916. The molecular weight excluding hydrogens is 296 g/mol. The number of aromatic nitrogens is 1. The van der Waals surface area contributed by atoms with Crippen molar-refractivity contribution in [1.29, 1.82) is 0 Å². The van der Waals surface area contributed by atoms with Crippen molar-refractivity contribution in [1.82, 2.24) is 4.98 Å². The van der Waals surface area contributed by atoms with Crippen LogP contribution in [-0.2, 0) is 6.42 Å². The van der Waals surface area contributed by atoms with Crippen molar-refractivity contribution in [2.24, 2.45) is 10.9 Å². The van der Waals surface area contributed by atoms with Crippen LogP contribution in [0.15, 0.2) is 34.9 Å². The minimum Gasteiger partial charge on any atom is -0.472 e. The number of nitrogens with zero attached hydrogens (tertiary/aromatic N) is 3. The Hall–Kier alpha value is -2.68. The lowest BCUT2D eigenvalue weighted by molar-refractivity contribution is -0.386. The zero-order valence-electron chi connectivity index (χ0n) is 10.8. The van der Waals surface area contributed by atoms with Crippen LogP contribution in [0, 0.1) is 10.1 Å². The van der Waals surface area contributed by atoms with E-state index in [1.807, 2.05) is 17.5 Å². The van der Waals surface area contributed by atoms with Crippen LogP contribution >= 0.6 is 11.3 Å². The van der Waals surface area contributed by atoms with Crippen molar-refractivity contribution in [2.45, 2.75) is 6.42 Å². The number of amidine groups is 1. The standard InChI is InChI=1S/C12H12N4O4S/c13-11(15-17)8-6-10(16(18)19)12(14-7-8)20-4-3-9-2-1-5-21-9/h1-2,5-7,17H,3-4H2,(H2,13,15). The average molecular weight is 308 g/mol. The first-order chi connectivity index (χ1) is 10.1. The SMILES string of the molecule is N/C(=N/O)c1cnc(OCCc2cccs2)c([N+](=O)[O-])c1. The third-order valence-electron chi connectivity index (χ3n) is 2.60. The molecule has 110 valence electrons. The van der Waals surface area contributed by atoms with Crippen molar-refractivity contribution in [3.05, 3.63) is 50.3 Å². The highest BCUT2D eigenvalue weighted by Crippen LogP contribution is 2.25. The van der Waals surface area contributed by atoms with Gasteiger partial charge in [-0.25, -0.2) is 4.98 Å². The van der Waals surface area contributed by atoms with E-state index in [2.05, 4.69) is 10.1 Å². The fraction of sp³-hybridized carbons (Fsp3) is 0.167. The van der Waals surface area contributed by atoms with Gasteiger partial charge in [-0.3, -0.25) is 10.1 Å². The van der Waals surface area contributed by atoms with E-state index in [1.165, 1.54) is 6.20 Å². The molecule has 0 aliphatic rings. The predicted molar refractivity (Wildman–Crippen MR) is 76.9 cm³/mol. The van der Waals surface area contributed by atoms with Crippen molar-refractivity contribution in [2.75, 3.05) is 6.61 Å². The van der Waals surface area contributed by atoms with Crippen LogP contribution in [-0.4, -0.2) is 27.6 Å². The highest BCUT2D eigenvalue weighted by Gasteiger charge is 2.19. The van der Waals surface area contributed by atoms with Gasteiger partial charge in [0.05, 0.1) is 11.5 Å². The van der Waals surface area contributed by atoms with Gasteiger partial charge in [-0.1, -0.05) is 11.2 Å². The molecule has 0 bridgehead atoms. The second-order valence-corrected chi connectivity index (χ2v) is 5.00. The molecule has 0 aliphatic heterocycles. The lowest BCUT2D eigenvalue weighted by atomic mass is 10.2. The average Bonchev–Trinajstić information content (AvgIpc) is 2.99. The summed E-state index contributed by atoms with van der Waals surface area (Å²) < 4.78 is 5.35. The van der Waals surface area contributed by atoms with Gasteiger partial charge >= 0.3 is 5.69 Å². The van der Waals surface area contributed by atoms with Crippen molar-refractivity contribution in [3.8, 4) is 5.88 Å². The number of oxime groups is 1. The van der Waals surface area contributed by atoms with Gasteiger partial charge in [0.25, 0.3) is 5.88 Å². The maximum Gasteiger partial charge on any atom is 0.331 e. The van der Waals surface area contributed by atoms with Crippen LogP contribution in [0.1, 0.15) is 10.4 Å². The highest BCUT2D eigenvalue weighted by atomic mass is 32.1. The Labute approximate surface area is 123 Å². The molecule has 9 heteroatoms. The maximum atomic E-state index is 11.0. The van der Waals surface area contributed by atoms with Crippen molar-refractivity contribution >= 4 is 22.9 Å². The first-order valence-corrected chi connectivity index (χ1v) is 6.77. The molecule has 0 saturated carbocycles. The lowest BCUT2D eigenvalue weighted by Gasteiger charge is -2.06. The summed E-state index contributed by atoms with van der Waals surface area (Å²) in [4.78, 5) is 15.4. The van der Waals surface area contributed by atoms with E-state index in [4.69, 9.17) is 15.7 Å². The number of rotatable bonds is 6. The first kappa shape index (κ1) is 14.7. The summed E-state index contributed by atoms with van der Waals surface area (Å²) in [5.41, 5.74) is 5.20. The summed E-state index contributed by atoms with van der Waals surface area (Å²) in [6.45, 7) is 0.275. The summed E-state index contributed by atoms with van der Waals surface area (Å²) in [5, 5.41) is 24.3. The number of nitrogens with two attached hydrogens (primary N) is 1. The van der Waals surface area contributed by atoms with Gasteiger partial charge in [-0.05, 0) is 11.4 Å². The van der Waals surface area contributed by atoms with E-state index in [0.717, 1.165) is 10.9 Å². The van der Waals surface area contributed by atoms with Crippen molar-refractivity contribution in [3.63, 3.8) is 0 Å². The smallest absolute Gasteiger partial charge is 0.331 e. The van der Waals surface area contributed by atoms with Gasteiger partial charge in [0, 0.05) is 29.1 Å². The molecule has 2 heterocycles. The molecule has 2 aromatic rings. The highest BCUT2D eigenvalue weighted by molar-refractivity contribution is 7.09. The Balaban J connectivity index is 2.13. The summed E-state index contributed by atoms with van der Waals surface area (Å²) in [6.07, 6.45) is 1.89. The van der Waals surface area contributed by atoms with E-state index < -0.39 is 4.92 Å². The van der Waals surface area contributed by atoms with Gasteiger partial charge in [-0.15, -0.1) is 11.3 Å². The van der Waals surface area contributed by atoms with Gasteiger partial charge in [0.1, 0.15) is 0 Å². The number of hydrogen-bond acceptors (Lipinski definition) is 7. The molecule has 0 fully saturated rings. The Morgan fingerprint density at radius 2 is 2.43 bits per heavy atom. The number of hydrogen-bond donors (Lipinski definition) is 2. The molecule has 0 aliphatic carbocycles. The normalized spacial score (nSPS) is 11.3. The Kier molecular flexibility index (Phi) is 4.67. The van der Waals surface area contributed by atoms with Crippen molar-refractivity contribution < 1.29 is 14.9 Å².